The monoisotopic (exact) mass is 279 g/mol. The molecule has 0 fully saturated rings. The number of benzene rings is 1. The average molecular weight is 279 g/mol. The third kappa shape index (κ3) is 3.63. The van der Waals surface area contributed by atoms with Gasteiger partial charge in [0, 0.05) is 23.8 Å². The minimum Gasteiger partial charge on any atom is -0.409 e. The van der Waals surface area contributed by atoms with Gasteiger partial charge in [0.25, 0.3) is 0 Å². The van der Waals surface area contributed by atoms with E-state index in [9.17, 15) is 5.11 Å². The molecule has 0 unspecified atom stereocenters. The summed E-state index contributed by atoms with van der Waals surface area (Å²) < 4.78 is 0. The smallest absolute Gasteiger partial charge is 0.172 e. The molecular formula is C15H25N3O2. The van der Waals surface area contributed by atoms with Gasteiger partial charge in [-0.25, -0.2) is 0 Å². The van der Waals surface area contributed by atoms with Crippen molar-refractivity contribution in [2.45, 2.75) is 39.7 Å². The topological polar surface area (TPSA) is 82.1 Å². The second kappa shape index (κ2) is 7.75. The Balaban J connectivity index is 3.32. The maximum absolute atomic E-state index is 9.33. The van der Waals surface area contributed by atoms with Gasteiger partial charge < -0.3 is 20.9 Å². The highest BCUT2D eigenvalue weighted by molar-refractivity contribution is 6.02. The maximum Gasteiger partial charge on any atom is 0.172 e. The number of aliphatic hydroxyl groups excluding tert-OH is 1. The predicted octanol–water partition coefficient (Wildman–Crippen LogP) is 2.08. The van der Waals surface area contributed by atoms with Crippen molar-refractivity contribution in [3.05, 3.63) is 29.3 Å². The van der Waals surface area contributed by atoms with Crippen molar-refractivity contribution in [1.29, 1.82) is 0 Å². The summed E-state index contributed by atoms with van der Waals surface area (Å²) in [6.07, 6.45) is 1.94. The molecule has 112 valence electrons. The predicted molar refractivity (Wildman–Crippen MR) is 82.5 cm³/mol. The van der Waals surface area contributed by atoms with Crippen molar-refractivity contribution in [3.8, 4) is 0 Å². The minimum atomic E-state index is 0.0694. The molecule has 0 aliphatic rings. The molecule has 0 saturated carbocycles. The summed E-state index contributed by atoms with van der Waals surface area (Å²) in [4.78, 5) is 2.13. The van der Waals surface area contributed by atoms with Crippen LogP contribution in [0.25, 0.3) is 0 Å². The normalized spacial score (nSPS) is 11.9. The number of nitrogens with two attached hydrogens (primary N) is 1. The zero-order valence-electron chi connectivity index (χ0n) is 12.5. The minimum absolute atomic E-state index is 0.0694. The van der Waals surface area contributed by atoms with E-state index in [0.29, 0.717) is 18.2 Å². The van der Waals surface area contributed by atoms with Gasteiger partial charge in [-0.1, -0.05) is 30.6 Å². The summed E-state index contributed by atoms with van der Waals surface area (Å²) in [5, 5.41) is 21.4. The lowest BCUT2D eigenvalue weighted by Gasteiger charge is -2.33. The van der Waals surface area contributed by atoms with E-state index >= 15 is 0 Å². The number of anilines is 1. The van der Waals surface area contributed by atoms with Crippen LogP contribution in [0.15, 0.2) is 23.4 Å². The van der Waals surface area contributed by atoms with Crippen LogP contribution in [0.2, 0.25) is 0 Å². The van der Waals surface area contributed by atoms with E-state index in [-0.39, 0.29) is 12.4 Å². The molecule has 5 heteroatoms. The molecule has 0 spiro atoms. The first-order valence-electron chi connectivity index (χ1n) is 7.05. The fourth-order valence-electron chi connectivity index (χ4n) is 2.50. The van der Waals surface area contributed by atoms with Crippen molar-refractivity contribution in [1.82, 2.24) is 0 Å². The van der Waals surface area contributed by atoms with Crippen molar-refractivity contribution in [2.75, 3.05) is 18.1 Å². The standard InChI is InChI=1S/C15H25N3O2/c1-4-12(5-2)18(8-9-19)14-7-6-11(3)10-13(14)15(16)17-20/h6-7,10,12,19-20H,4-5,8-9H2,1-3H3,(H2,16,17). The van der Waals surface area contributed by atoms with Crippen molar-refractivity contribution >= 4 is 11.5 Å². The maximum atomic E-state index is 9.33. The summed E-state index contributed by atoms with van der Waals surface area (Å²) in [5.41, 5.74) is 8.44. The molecule has 20 heavy (non-hydrogen) atoms. The van der Waals surface area contributed by atoms with E-state index in [0.717, 1.165) is 24.1 Å². The lowest BCUT2D eigenvalue weighted by molar-refractivity contribution is 0.296. The Bertz CT molecular complexity index is 456. The van der Waals surface area contributed by atoms with E-state index in [2.05, 4.69) is 23.9 Å². The highest BCUT2D eigenvalue weighted by Crippen LogP contribution is 2.26. The number of aliphatic hydroxyl groups is 1. The first kappa shape index (κ1) is 16.3. The fraction of sp³-hybridized carbons (Fsp3) is 0.533. The first-order chi connectivity index (χ1) is 9.58. The Morgan fingerprint density at radius 2 is 2.00 bits per heavy atom. The SMILES string of the molecule is CCC(CC)N(CCO)c1ccc(C)cc1/C(N)=N/O. The molecule has 0 aliphatic carbocycles. The number of oxime groups is 1. The third-order valence-electron chi connectivity index (χ3n) is 3.57. The van der Waals surface area contributed by atoms with Gasteiger partial charge in [0.2, 0.25) is 0 Å². The van der Waals surface area contributed by atoms with Gasteiger partial charge in [-0.05, 0) is 31.9 Å². The van der Waals surface area contributed by atoms with Crippen LogP contribution in [0.4, 0.5) is 5.69 Å². The summed E-state index contributed by atoms with van der Waals surface area (Å²) in [6.45, 7) is 6.80. The second-order valence-corrected chi connectivity index (χ2v) is 4.89. The summed E-state index contributed by atoms with van der Waals surface area (Å²) in [7, 11) is 0. The fourth-order valence-corrected chi connectivity index (χ4v) is 2.50. The highest BCUT2D eigenvalue weighted by atomic mass is 16.4. The molecule has 0 heterocycles. The number of rotatable bonds is 7. The molecule has 4 N–H and O–H groups in total. The summed E-state index contributed by atoms with van der Waals surface area (Å²) >= 11 is 0. The third-order valence-corrected chi connectivity index (χ3v) is 3.57. The van der Waals surface area contributed by atoms with Crippen LogP contribution in [0.3, 0.4) is 0 Å². The molecule has 0 radical (unpaired) electrons. The molecule has 0 aliphatic heterocycles. The van der Waals surface area contributed by atoms with Gasteiger partial charge in [-0.2, -0.15) is 0 Å². The zero-order chi connectivity index (χ0) is 15.1. The van der Waals surface area contributed by atoms with E-state index in [1.807, 2.05) is 25.1 Å². The highest BCUT2D eigenvalue weighted by Gasteiger charge is 2.19. The Kier molecular flexibility index (Phi) is 6.31. The Hall–Kier alpha value is -1.75. The quantitative estimate of drug-likeness (QED) is 0.309. The Labute approximate surface area is 120 Å². The van der Waals surface area contributed by atoms with Gasteiger partial charge >= 0.3 is 0 Å². The van der Waals surface area contributed by atoms with Crippen LogP contribution in [0.1, 0.15) is 37.8 Å². The number of hydrogen-bond acceptors (Lipinski definition) is 4. The van der Waals surface area contributed by atoms with Crippen LogP contribution in [-0.2, 0) is 0 Å². The molecule has 0 bridgehead atoms. The summed E-state index contributed by atoms with van der Waals surface area (Å²) in [5.74, 6) is 0.0950. The van der Waals surface area contributed by atoms with Gasteiger partial charge in [0.15, 0.2) is 5.84 Å². The van der Waals surface area contributed by atoms with Crippen LogP contribution in [0.5, 0.6) is 0 Å². The van der Waals surface area contributed by atoms with Gasteiger partial charge in [-0.15, -0.1) is 0 Å². The number of amidine groups is 1. The van der Waals surface area contributed by atoms with Crippen LogP contribution in [0, 0.1) is 6.92 Å². The summed E-state index contributed by atoms with van der Waals surface area (Å²) in [6, 6.07) is 6.18. The van der Waals surface area contributed by atoms with Gasteiger partial charge in [-0.3, -0.25) is 0 Å². The molecule has 5 nitrogen and oxygen atoms in total. The molecule has 0 atom stereocenters. The molecule has 1 rings (SSSR count). The molecule has 0 amide bonds. The van der Waals surface area contributed by atoms with E-state index in [1.165, 1.54) is 0 Å². The second-order valence-electron chi connectivity index (χ2n) is 4.89. The van der Waals surface area contributed by atoms with Crippen LogP contribution in [-0.4, -0.2) is 35.3 Å². The van der Waals surface area contributed by atoms with Gasteiger partial charge in [0.05, 0.1) is 6.61 Å². The molecule has 1 aromatic carbocycles. The molecular weight excluding hydrogens is 254 g/mol. The van der Waals surface area contributed by atoms with E-state index < -0.39 is 0 Å². The van der Waals surface area contributed by atoms with Crippen molar-refractivity contribution in [2.24, 2.45) is 10.9 Å². The lowest BCUT2D eigenvalue weighted by atomic mass is 10.0. The number of aryl methyl sites for hydroxylation is 1. The number of nitrogens with zero attached hydrogens (tertiary/aromatic N) is 2. The Morgan fingerprint density at radius 3 is 2.50 bits per heavy atom. The average Bonchev–Trinajstić information content (AvgIpc) is 2.46. The van der Waals surface area contributed by atoms with E-state index in [1.54, 1.807) is 0 Å². The van der Waals surface area contributed by atoms with Crippen LogP contribution >= 0.6 is 0 Å². The van der Waals surface area contributed by atoms with Crippen molar-refractivity contribution < 1.29 is 10.3 Å². The largest absolute Gasteiger partial charge is 0.409 e. The number of hydrogen-bond donors (Lipinski definition) is 3. The molecule has 0 aromatic heterocycles. The van der Waals surface area contributed by atoms with E-state index in [4.69, 9.17) is 10.9 Å². The zero-order valence-corrected chi connectivity index (χ0v) is 12.5. The Morgan fingerprint density at radius 1 is 1.35 bits per heavy atom. The van der Waals surface area contributed by atoms with Crippen LogP contribution < -0.4 is 10.6 Å². The van der Waals surface area contributed by atoms with Crippen molar-refractivity contribution in [3.63, 3.8) is 0 Å². The lowest BCUT2D eigenvalue weighted by Crippen LogP contribution is -2.38. The molecule has 0 saturated heterocycles. The first-order valence-corrected chi connectivity index (χ1v) is 7.05. The molecule has 1 aromatic rings. The van der Waals surface area contributed by atoms with Gasteiger partial charge in [0.1, 0.15) is 0 Å².